The fourth-order valence-electron chi connectivity index (χ4n) is 6.62. The van der Waals surface area contributed by atoms with E-state index in [0.29, 0.717) is 12.0 Å². The molecule has 11 heteroatoms. The quantitative estimate of drug-likeness (QED) is 0.0646. The van der Waals surface area contributed by atoms with Gasteiger partial charge in [0.2, 0.25) is 0 Å². The second kappa shape index (κ2) is 21.2. The second-order valence-corrected chi connectivity index (χ2v) is 13.7. The lowest BCUT2D eigenvalue weighted by atomic mass is 9.81. The molecule has 1 amide bonds. The van der Waals surface area contributed by atoms with Crippen molar-refractivity contribution in [1.29, 1.82) is 0 Å². The summed E-state index contributed by atoms with van der Waals surface area (Å²) < 4.78 is 28.2. The van der Waals surface area contributed by atoms with E-state index in [4.69, 9.17) is 29.4 Å². The highest BCUT2D eigenvalue weighted by Crippen LogP contribution is 2.32. The minimum atomic E-state index is -0.919. The van der Waals surface area contributed by atoms with E-state index in [2.05, 4.69) is 6.58 Å². The summed E-state index contributed by atoms with van der Waals surface area (Å²) in [6, 6.07) is 0. The molecule has 2 N–H and O–H groups in total. The number of primary amides is 1. The number of rotatable bonds is 19. The van der Waals surface area contributed by atoms with E-state index in [1.807, 2.05) is 72.8 Å². The summed E-state index contributed by atoms with van der Waals surface area (Å²) in [5.74, 6) is -3.15. The van der Waals surface area contributed by atoms with Gasteiger partial charge in [-0.05, 0) is 32.3 Å². The van der Waals surface area contributed by atoms with Crippen LogP contribution in [0.3, 0.4) is 0 Å². The van der Waals surface area contributed by atoms with Gasteiger partial charge in [-0.15, -0.1) is 0 Å². The van der Waals surface area contributed by atoms with E-state index >= 15 is 0 Å². The molecule has 0 aromatic heterocycles. The minimum absolute atomic E-state index is 0.0524. The van der Waals surface area contributed by atoms with Crippen LogP contribution in [0, 0.1) is 35.5 Å². The molecule has 1 aliphatic heterocycles. The summed E-state index contributed by atoms with van der Waals surface area (Å²) in [6.07, 6.45) is 9.64. The molecule has 0 saturated heterocycles. The number of hydrogen-bond acceptors (Lipinski definition) is 10. The highest BCUT2D eigenvalue weighted by atomic mass is 16.6. The topological polar surface area (TPSA) is 158 Å². The van der Waals surface area contributed by atoms with Crippen LogP contribution < -0.4 is 5.73 Å². The number of amides is 1. The Morgan fingerprint density at radius 1 is 0.840 bits per heavy atom. The van der Waals surface area contributed by atoms with Crippen molar-refractivity contribution in [3.63, 3.8) is 0 Å². The van der Waals surface area contributed by atoms with Crippen molar-refractivity contribution in [2.45, 2.75) is 120 Å². The van der Waals surface area contributed by atoms with Gasteiger partial charge in [0, 0.05) is 62.4 Å². The van der Waals surface area contributed by atoms with Crippen LogP contribution in [-0.4, -0.2) is 60.5 Å². The first kappa shape index (κ1) is 43.9. The molecule has 0 aliphatic carbocycles. The molecule has 50 heavy (non-hydrogen) atoms. The molecule has 0 fully saturated rings. The van der Waals surface area contributed by atoms with Crippen molar-refractivity contribution in [2.75, 3.05) is 0 Å². The molecule has 11 atom stereocenters. The Morgan fingerprint density at radius 2 is 1.40 bits per heavy atom. The van der Waals surface area contributed by atoms with Gasteiger partial charge in [-0.25, -0.2) is 9.59 Å². The Morgan fingerprint density at radius 3 is 1.94 bits per heavy atom. The van der Waals surface area contributed by atoms with E-state index in [1.54, 1.807) is 25.2 Å². The van der Waals surface area contributed by atoms with E-state index in [1.165, 1.54) is 20.8 Å². The van der Waals surface area contributed by atoms with Gasteiger partial charge in [0.05, 0.1) is 0 Å². The van der Waals surface area contributed by atoms with Crippen molar-refractivity contribution in [3.05, 3.63) is 60.3 Å². The lowest BCUT2D eigenvalue weighted by molar-refractivity contribution is -0.156. The van der Waals surface area contributed by atoms with Crippen molar-refractivity contribution < 1.29 is 47.7 Å². The minimum Gasteiger partial charge on any atom is -0.462 e. The van der Waals surface area contributed by atoms with Gasteiger partial charge in [-0.2, -0.15) is 0 Å². The van der Waals surface area contributed by atoms with Gasteiger partial charge in [-0.1, -0.05) is 90.2 Å². The predicted molar refractivity (Wildman–Crippen MR) is 191 cm³/mol. The number of esters is 4. The number of allylic oxidation sites excluding steroid dienone is 3. The fourth-order valence-corrected chi connectivity index (χ4v) is 6.62. The normalized spacial score (nSPS) is 22.1. The molecule has 11 nitrogen and oxygen atoms in total. The van der Waals surface area contributed by atoms with Crippen LogP contribution in [0.2, 0.25) is 0 Å². The first-order valence-corrected chi connectivity index (χ1v) is 17.3. The summed E-state index contributed by atoms with van der Waals surface area (Å²) in [5, 5.41) is 0. The maximum atomic E-state index is 12.2. The van der Waals surface area contributed by atoms with E-state index in [9.17, 15) is 24.0 Å². The van der Waals surface area contributed by atoms with Crippen LogP contribution in [0.15, 0.2) is 60.3 Å². The molecule has 1 heterocycles. The number of carbonyl (C=O) groups excluding carboxylic acids is 5. The first-order valence-electron chi connectivity index (χ1n) is 17.3. The van der Waals surface area contributed by atoms with Gasteiger partial charge < -0.3 is 29.4 Å². The second-order valence-electron chi connectivity index (χ2n) is 13.7. The molecule has 0 unspecified atom stereocenters. The average Bonchev–Trinajstić information content (AvgIpc) is 3.00. The SMILES string of the molecule is C=C/C=C\[C@H](C)[C@H](OC(N)=O)[C@@H](C)[C@H](OC(C)=O)[C@@H](C)C/C(C)=C\[C@H](C)[C@@H](OC(C)=O)[C@@H](C)/C=C\[C@H](C[C@@H]1OC(=O)C(C)=C[C@H]1C)OC(C)=O. The summed E-state index contributed by atoms with van der Waals surface area (Å²) in [6.45, 7) is 22.9. The zero-order valence-corrected chi connectivity index (χ0v) is 31.7. The number of carbonyl (C=O) groups is 5. The summed E-state index contributed by atoms with van der Waals surface area (Å²) >= 11 is 0. The van der Waals surface area contributed by atoms with Crippen LogP contribution in [0.4, 0.5) is 4.79 Å². The third-order valence-electron chi connectivity index (χ3n) is 8.84. The molecule has 0 aromatic rings. The highest BCUT2D eigenvalue weighted by Gasteiger charge is 2.37. The maximum Gasteiger partial charge on any atom is 0.404 e. The molecule has 0 radical (unpaired) electrons. The van der Waals surface area contributed by atoms with E-state index in [0.717, 1.165) is 5.57 Å². The van der Waals surface area contributed by atoms with E-state index in [-0.39, 0.29) is 36.0 Å². The van der Waals surface area contributed by atoms with Crippen LogP contribution in [0.1, 0.15) is 89.0 Å². The predicted octanol–water partition coefficient (Wildman–Crippen LogP) is 6.96. The Bertz CT molecular complexity index is 1310. The van der Waals surface area contributed by atoms with E-state index < -0.39 is 66.4 Å². The Hall–Kier alpha value is -4.15. The third-order valence-corrected chi connectivity index (χ3v) is 8.84. The number of ether oxygens (including phenoxy) is 5. The zero-order chi connectivity index (χ0) is 38.3. The molecule has 280 valence electrons. The van der Waals surface area contributed by atoms with Crippen LogP contribution in [-0.2, 0) is 42.9 Å². The Balaban J connectivity index is 3.25. The molecule has 0 bridgehead atoms. The van der Waals surface area contributed by atoms with Crippen molar-refractivity contribution in [3.8, 4) is 0 Å². The molecular weight excluding hydrogens is 642 g/mol. The summed E-state index contributed by atoms with van der Waals surface area (Å²) in [7, 11) is 0. The van der Waals surface area contributed by atoms with Gasteiger partial charge in [0.15, 0.2) is 0 Å². The largest absolute Gasteiger partial charge is 0.462 e. The standard InChI is InChI=1S/C39H59NO10/c1-13-14-15-23(3)36(50-39(40)45)29(9)37(48-32(12)43)27(7)19-22(2)18-26(6)35(47-31(11)42)24(4)16-17-33(46-30(10)41)21-34-25(5)20-28(8)38(44)49-34/h13-18,20,23-27,29,33-37H,1,19,21H2,2-12H3,(H2,40,45)/b15-14-,17-16-,22-18-/t23-,24-,25+,26-,27-,29+,33+,34-,35-,36-,37+/m0/s1. The van der Waals surface area contributed by atoms with Crippen LogP contribution in [0.25, 0.3) is 0 Å². The Labute approximate surface area is 298 Å². The Kier molecular flexibility index (Phi) is 18.6. The van der Waals surface area contributed by atoms with Gasteiger partial charge in [0.25, 0.3) is 0 Å². The maximum absolute atomic E-state index is 12.2. The lowest BCUT2D eigenvalue weighted by Gasteiger charge is -2.35. The molecule has 1 rings (SSSR count). The molecule has 0 aromatic carbocycles. The summed E-state index contributed by atoms with van der Waals surface area (Å²) in [4.78, 5) is 60.3. The number of hydrogen-bond donors (Lipinski definition) is 1. The van der Waals surface area contributed by atoms with Crippen molar-refractivity contribution in [1.82, 2.24) is 0 Å². The van der Waals surface area contributed by atoms with Crippen LogP contribution in [0.5, 0.6) is 0 Å². The average molecular weight is 702 g/mol. The highest BCUT2D eigenvalue weighted by molar-refractivity contribution is 5.88. The third kappa shape index (κ3) is 15.2. The van der Waals surface area contributed by atoms with Gasteiger partial charge >= 0.3 is 30.0 Å². The van der Waals surface area contributed by atoms with Crippen LogP contribution >= 0.6 is 0 Å². The summed E-state index contributed by atoms with van der Waals surface area (Å²) in [5.41, 5.74) is 6.93. The molecule has 0 spiro atoms. The molecule has 1 aliphatic rings. The zero-order valence-electron chi connectivity index (χ0n) is 31.7. The fraction of sp³-hybridized carbons (Fsp3) is 0.615. The number of cyclic esters (lactones) is 1. The smallest absolute Gasteiger partial charge is 0.404 e. The molecular formula is C39H59NO10. The van der Waals surface area contributed by atoms with Gasteiger partial charge in [0.1, 0.15) is 30.5 Å². The van der Waals surface area contributed by atoms with Crippen molar-refractivity contribution >= 4 is 30.0 Å². The lowest BCUT2D eigenvalue weighted by Crippen LogP contribution is -2.43. The molecule has 0 saturated carbocycles. The van der Waals surface area contributed by atoms with Gasteiger partial charge in [-0.3, -0.25) is 14.4 Å². The van der Waals surface area contributed by atoms with Crippen molar-refractivity contribution in [2.24, 2.45) is 41.2 Å². The monoisotopic (exact) mass is 701 g/mol. The number of nitrogens with two attached hydrogens (primary N) is 1. The first-order chi connectivity index (χ1) is 23.3.